The highest BCUT2D eigenvalue weighted by Crippen LogP contribution is 2.24. The highest BCUT2D eigenvalue weighted by molar-refractivity contribution is 5.56. The summed E-state index contributed by atoms with van der Waals surface area (Å²) in [5, 5.41) is 3.25. The highest BCUT2D eigenvalue weighted by atomic mass is 15.0. The van der Waals surface area contributed by atoms with E-state index in [-0.39, 0.29) is 5.41 Å². The second kappa shape index (κ2) is 5.36. The number of aromatic nitrogens is 2. The first-order valence-electron chi connectivity index (χ1n) is 6.38. The Morgan fingerprint density at radius 1 is 1.11 bits per heavy atom. The van der Waals surface area contributed by atoms with Crippen molar-refractivity contribution < 1.29 is 0 Å². The number of hydrogen-bond donors (Lipinski definition) is 2. The normalized spacial score (nSPS) is 11.4. The largest absolute Gasteiger partial charge is 0.340 e. The van der Waals surface area contributed by atoms with Crippen molar-refractivity contribution in [1.29, 1.82) is 0 Å². The molecule has 0 spiro atoms. The van der Waals surface area contributed by atoms with Crippen LogP contribution in [0.5, 0.6) is 0 Å². The predicted octanol–water partition coefficient (Wildman–Crippen LogP) is 2.98. The van der Waals surface area contributed by atoms with Crippen LogP contribution in [-0.4, -0.2) is 9.97 Å². The molecule has 4 nitrogen and oxygen atoms in total. The molecule has 1 aromatic heterocycles. The summed E-state index contributed by atoms with van der Waals surface area (Å²) in [6.45, 7) is 6.95. The molecular weight excluding hydrogens is 236 g/mol. The average Bonchev–Trinajstić information content (AvgIpc) is 2.38. The molecule has 0 atom stereocenters. The van der Waals surface area contributed by atoms with Gasteiger partial charge in [0.1, 0.15) is 11.6 Å². The number of nitrogens with zero attached hydrogens (tertiary/aromatic N) is 2. The summed E-state index contributed by atoms with van der Waals surface area (Å²) in [4.78, 5) is 8.38. The molecule has 0 aliphatic rings. The second-order valence-electron chi connectivity index (χ2n) is 5.51. The van der Waals surface area contributed by atoms with E-state index in [9.17, 15) is 0 Å². The van der Waals surface area contributed by atoms with Gasteiger partial charge in [-0.3, -0.25) is 0 Å². The molecule has 0 unspecified atom stereocenters. The third-order valence-corrected chi connectivity index (χ3v) is 2.91. The monoisotopic (exact) mass is 256 g/mol. The van der Waals surface area contributed by atoms with Gasteiger partial charge in [0.25, 0.3) is 0 Å². The fourth-order valence-electron chi connectivity index (χ4n) is 1.77. The van der Waals surface area contributed by atoms with Crippen LogP contribution in [0.25, 0.3) is 0 Å². The molecule has 3 N–H and O–H groups in total. The van der Waals surface area contributed by atoms with Gasteiger partial charge in [0, 0.05) is 11.9 Å². The minimum Gasteiger partial charge on any atom is -0.340 e. The molecule has 0 amide bonds. The van der Waals surface area contributed by atoms with Crippen molar-refractivity contribution in [2.75, 3.05) is 5.32 Å². The van der Waals surface area contributed by atoms with Gasteiger partial charge in [-0.2, -0.15) is 0 Å². The lowest BCUT2D eigenvalue weighted by molar-refractivity contribution is 0.590. The minimum absolute atomic E-state index is 0.167. The summed E-state index contributed by atoms with van der Waals surface area (Å²) in [5.41, 5.74) is 8.01. The molecule has 19 heavy (non-hydrogen) atoms. The zero-order valence-electron chi connectivity index (χ0n) is 11.6. The zero-order valence-corrected chi connectivity index (χ0v) is 11.6. The molecule has 2 rings (SSSR count). The molecule has 0 bridgehead atoms. The third-order valence-electron chi connectivity index (χ3n) is 2.91. The van der Waals surface area contributed by atoms with Crippen LogP contribution in [0.3, 0.4) is 0 Å². The molecule has 0 fully saturated rings. The highest BCUT2D eigenvalue weighted by Gasteiger charge is 2.12. The molecule has 0 aliphatic carbocycles. The molecule has 1 heterocycles. The molecule has 100 valence electrons. The van der Waals surface area contributed by atoms with Gasteiger partial charge in [0.15, 0.2) is 0 Å². The van der Waals surface area contributed by atoms with Gasteiger partial charge in [-0.1, -0.05) is 32.9 Å². The van der Waals surface area contributed by atoms with Gasteiger partial charge >= 0.3 is 0 Å². The fourth-order valence-corrected chi connectivity index (χ4v) is 1.77. The maximum Gasteiger partial charge on any atom is 0.144 e. The molecule has 1 aromatic carbocycles. The van der Waals surface area contributed by atoms with Gasteiger partial charge in [-0.05, 0) is 29.2 Å². The first-order valence-corrected chi connectivity index (χ1v) is 6.38. The number of benzene rings is 1. The first kappa shape index (κ1) is 13.5. The van der Waals surface area contributed by atoms with Crippen LogP contribution in [0.2, 0.25) is 0 Å². The summed E-state index contributed by atoms with van der Waals surface area (Å²) in [5.74, 6) is 1.40. The van der Waals surface area contributed by atoms with Gasteiger partial charge < -0.3 is 11.1 Å². The van der Waals surface area contributed by atoms with Crippen molar-refractivity contribution in [1.82, 2.24) is 9.97 Å². The van der Waals surface area contributed by atoms with Crippen molar-refractivity contribution in [2.24, 2.45) is 5.73 Å². The van der Waals surface area contributed by atoms with Crippen molar-refractivity contribution >= 4 is 11.5 Å². The molecule has 2 aromatic rings. The molecular formula is C15H20N4. The summed E-state index contributed by atoms with van der Waals surface area (Å²) in [6, 6.07) is 10.2. The smallest absolute Gasteiger partial charge is 0.144 e. The Morgan fingerprint density at radius 3 is 2.37 bits per heavy atom. The van der Waals surface area contributed by atoms with E-state index in [1.807, 2.05) is 6.07 Å². The molecule has 0 saturated heterocycles. The Hall–Kier alpha value is -1.94. The lowest BCUT2D eigenvalue weighted by Gasteiger charge is -2.19. The summed E-state index contributed by atoms with van der Waals surface area (Å²) in [6.07, 6.45) is 1.71. The number of nitrogens with one attached hydrogen (secondary N) is 1. The van der Waals surface area contributed by atoms with Crippen LogP contribution in [-0.2, 0) is 12.0 Å². The van der Waals surface area contributed by atoms with Gasteiger partial charge in [-0.25, -0.2) is 9.97 Å². The van der Waals surface area contributed by atoms with E-state index >= 15 is 0 Å². The predicted molar refractivity (Wildman–Crippen MR) is 78.3 cm³/mol. The van der Waals surface area contributed by atoms with E-state index in [1.165, 1.54) is 5.56 Å². The van der Waals surface area contributed by atoms with E-state index < -0.39 is 0 Å². The third kappa shape index (κ3) is 3.51. The van der Waals surface area contributed by atoms with Crippen LogP contribution >= 0.6 is 0 Å². The van der Waals surface area contributed by atoms with Gasteiger partial charge in [0.2, 0.25) is 0 Å². The lowest BCUT2D eigenvalue weighted by Crippen LogP contribution is -2.10. The Morgan fingerprint density at radius 2 is 1.79 bits per heavy atom. The Bertz CT molecular complexity index is 541. The van der Waals surface area contributed by atoms with E-state index in [1.54, 1.807) is 6.20 Å². The summed E-state index contributed by atoms with van der Waals surface area (Å²) >= 11 is 0. The molecule has 0 radical (unpaired) electrons. The van der Waals surface area contributed by atoms with Crippen LogP contribution < -0.4 is 11.1 Å². The fraction of sp³-hybridized carbons (Fsp3) is 0.333. The van der Waals surface area contributed by atoms with Crippen molar-refractivity contribution in [3.05, 3.63) is 47.9 Å². The standard InChI is InChI=1S/C15H20N4/c1-15(2,3)11-4-6-12(7-5-11)18-13-8-9-17-14(10-16)19-13/h4-9H,10,16H2,1-3H3,(H,17,18,19). The number of hydrogen-bond acceptors (Lipinski definition) is 4. The quantitative estimate of drug-likeness (QED) is 0.886. The molecule has 4 heteroatoms. The Balaban J connectivity index is 2.15. The lowest BCUT2D eigenvalue weighted by atomic mass is 9.87. The maximum absolute atomic E-state index is 5.53. The van der Waals surface area contributed by atoms with Crippen LogP contribution in [0, 0.1) is 0 Å². The SMILES string of the molecule is CC(C)(C)c1ccc(Nc2ccnc(CN)n2)cc1. The second-order valence-corrected chi connectivity index (χ2v) is 5.51. The van der Waals surface area contributed by atoms with Gasteiger partial charge in [0.05, 0.1) is 6.54 Å². The van der Waals surface area contributed by atoms with Crippen LogP contribution in [0.15, 0.2) is 36.5 Å². The Labute approximate surface area is 114 Å². The van der Waals surface area contributed by atoms with Gasteiger partial charge in [-0.15, -0.1) is 0 Å². The van der Waals surface area contributed by atoms with E-state index in [2.05, 4.69) is 60.3 Å². The van der Waals surface area contributed by atoms with E-state index in [0.29, 0.717) is 12.4 Å². The van der Waals surface area contributed by atoms with Crippen molar-refractivity contribution in [3.63, 3.8) is 0 Å². The molecule has 0 saturated carbocycles. The first-order chi connectivity index (χ1) is 8.99. The van der Waals surface area contributed by atoms with Crippen LogP contribution in [0.1, 0.15) is 32.2 Å². The number of nitrogens with two attached hydrogens (primary N) is 1. The molecule has 0 aliphatic heterocycles. The van der Waals surface area contributed by atoms with Crippen molar-refractivity contribution in [3.8, 4) is 0 Å². The maximum atomic E-state index is 5.53. The number of anilines is 2. The number of rotatable bonds is 3. The van der Waals surface area contributed by atoms with Crippen molar-refractivity contribution in [2.45, 2.75) is 32.7 Å². The van der Waals surface area contributed by atoms with E-state index in [4.69, 9.17) is 5.73 Å². The topological polar surface area (TPSA) is 63.8 Å². The summed E-state index contributed by atoms with van der Waals surface area (Å²) in [7, 11) is 0. The minimum atomic E-state index is 0.167. The van der Waals surface area contributed by atoms with E-state index in [0.717, 1.165) is 11.5 Å². The zero-order chi connectivity index (χ0) is 13.9. The van der Waals surface area contributed by atoms with Crippen LogP contribution in [0.4, 0.5) is 11.5 Å². The summed E-state index contributed by atoms with van der Waals surface area (Å²) < 4.78 is 0. The Kier molecular flexibility index (Phi) is 3.81. The average molecular weight is 256 g/mol.